The molecule has 0 fully saturated rings. The topological polar surface area (TPSA) is 57.9 Å². The summed E-state index contributed by atoms with van der Waals surface area (Å²) < 4.78 is 5.60. The Kier molecular flexibility index (Phi) is 5.89. The van der Waals surface area contributed by atoms with Crippen LogP contribution in [0.25, 0.3) is 11.1 Å². The number of oxime groups is 1. The van der Waals surface area contributed by atoms with E-state index >= 15 is 0 Å². The molecular formula is C21H25N3O2. The van der Waals surface area contributed by atoms with E-state index in [9.17, 15) is 0 Å². The van der Waals surface area contributed by atoms with E-state index in [-0.39, 0.29) is 6.02 Å². The summed E-state index contributed by atoms with van der Waals surface area (Å²) >= 11 is 0. The monoisotopic (exact) mass is 351 g/mol. The molecule has 0 aromatic heterocycles. The maximum atomic E-state index is 8.33. The molecule has 1 aliphatic rings. The van der Waals surface area contributed by atoms with E-state index in [2.05, 4.69) is 41.6 Å². The zero-order valence-corrected chi connectivity index (χ0v) is 15.4. The van der Waals surface area contributed by atoms with Crippen molar-refractivity contribution in [2.24, 2.45) is 5.16 Å². The Morgan fingerprint density at radius 3 is 2.15 bits per heavy atom. The molecule has 1 N–H and O–H groups in total. The number of nitrogens with one attached hydrogen (secondary N) is 1. The molecule has 0 amide bonds. The van der Waals surface area contributed by atoms with Gasteiger partial charge < -0.3 is 14.5 Å². The van der Waals surface area contributed by atoms with E-state index < -0.39 is 0 Å². The van der Waals surface area contributed by atoms with Crippen molar-refractivity contribution in [1.29, 1.82) is 5.41 Å². The van der Waals surface area contributed by atoms with Gasteiger partial charge in [0.25, 0.3) is 6.02 Å². The van der Waals surface area contributed by atoms with E-state index in [4.69, 9.17) is 15.0 Å². The molecule has 136 valence electrons. The Morgan fingerprint density at radius 2 is 1.58 bits per heavy atom. The molecule has 5 nitrogen and oxygen atoms in total. The average Bonchev–Trinajstić information content (AvgIpc) is 2.84. The minimum absolute atomic E-state index is 0.163. The zero-order chi connectivity index (χ0) is 18.4. The van der Waals surface area contributed by atoms with Gasteiger partial charge in [0.1, 0.15) is 6.61 Å². The first-order chi connectivity index (χ1) is 12.7. The lowest BCUT2D eigenvalue weighted by molar-refractivity contribution is 0.0914. The summed E-state index contributed by atoms with van der Waals surface area (Å²) in [4.78, 5) is 7.16. The van der Waals surface area contributed by atoms with Crippen molar-refractivity contribution in [3.8, 4) is 11.1 Å². The zero-order valence-electron chi connectivity index (χ0n) is 15.4. The van der Waals surface area contributed by atoms with Crippen molar-refractivity contribution in [2.75, 3.05) is 13.2 Å². The first-order valence-electron chi connectivity index (χ1n) is 8.97. The maximum absolute atomic E-state index is 8.33. The first kappa shape index (κ1) is 18.0. The fourth-order valence-corrected chi connectivity index (χ4v) is 2.94. The minimum Gasteiger partial charge on any atom is -0.462 e. The molecule has 0 spiro atoms. The highest BCUT2D eigenvalue weighted by Crippen LogP contribution is 2.32. The molecule has 0 radical (unpaired) electrons. The number of nitrogens with zero attached hydrogens (tertiary/aromatic N) is 2. The summed E-state index contributed by atoms with van der Waals surface area (Å²) in [5.41, 5.74) is 5.80. The van der Waals surface area contributed by atoms with Gasteiger partial charge in [-0.25, -0.2) is 0 Å². The van der Waals surface area contributed by atoms with Crippen LogP contribution in [0.5, 0.6) is 0 Å². The van der Waals surface area contributed by atoms with Crippen LogP contribution >= 0.6 is 0 Å². The van der Waals surface area contributed by atoms with Crippen molar-refractivity contribution in [3.63, 3.8) is 0 Å². The van der Waals surface area contributed by atoms with Crippen LogP contribution in [0.3, 0.4) is 0 Å². The van der Waals surface area contributed by atoms with Gasteiger partial charge in [0.15, 0.2) is 6.61 Å². The third kappa shape index (κ3) is 4.23. The highest BCUT2D eigenvalue weighted by atomic mass is 16.6. The van der Waals surface area contributed by atoms with Gasteiger partial charge in [0, 0.05) is 13.1 Å². The molecule has 2 aromatic rings. The Bertz CT molecular complexity index is 754. The van der Waals surface area contributed by atoms with Crippen LogP contribution in [0.2, 0.25) is 0 Å². The van der Waals surface area contributed by atoms with Crippen LogP contribution in [-0.2, 0) is 22.7 Å². The van der Waals surface area contributed by atoms with E-state index in [1.807, 2.05) is 30.9 Å². The van der Waals surface area contributed by atoms with Gasteiger partial charge in [-0.05, 0) is 35.6 Å². The summed E-state index contributed by atoms with van der Waals surface area (Å²) in [5, 5.41) is 12.3. The van der Waals surface area contributed by atoms with Crippen molar-refractivity contribution in [1.82, 2.24) is 4.90 Å². The number of hydrogen-bond acceptors (Lipinski definition) is 4. The number of amidine groups is 1. The summed E-state index contributed by atoms with van der Waals surface area (Å²) in [6.45, 7) is 5.90. The summed E-state index contributed by atoms with van der Waals surface area (Å²) in [6, 6.07) is 16.9. The molecule has 0 atom stereocenters. The van der Waals surface area contributed by atoms with Gasteiger partial charge in [0.05, 0.1) is 5.71 Å². The fraction of sp³-hybridized carbons (Fsp3) is 0.333. The predicted molar refractivity (Wildman–Crippen MR) is 104 cm³/mol. The highest BCUT2D eigenvalue weighted by Gasteiger charge is 2.21. The number of benzene rings is 2. The van der Waals surface area contributed by atoms with Gasteiger partial charge in [-0.15, -0.1) is 0 Å². The second-order valence-electron chi connectivity index (χ2n) is 6.34. The molecule has 0 saturated carbocycles. The largest absolute Gasteiger partial charge is 0.462 e. The summed E-state index contributed by atoms with van der Waals surface area (Å²) in [5.74, 6) is 0. The van der Waals surface area contributed by atoms with Crippen LogP contribution in [0.15, 0.2) is 53.7 Å². The second kappa shape index (κ2) is 8.52. The number of hydrogen-bond donors (Lipinski definition) is 1. The number of fused-ring (bicyclic) bond motifs is 3. The molecule has 1 aliphatic heterocycles. The summed E-state index contributed by atoms with van der Waals surface area (Å²) in [7, 11) is 0. The van der Waals surface area contributed by atoms with Crippen LogP contribution in [0.4, 0.5) is 0 Å². The molecule has 2 aromatic carbocycles. The van der Waals surface area contributed by atoms with Gasteiger partial charge in [-0.1, -0.05) is 60.6 Å². The standard InChI is InChI=1S/C21H25N3O2/c1-3-16(2)23-26-13-12-25-21(22)24-14-17-8-4-6-10-19(17)20-11-7-5-9-18(20)15-24/h4-11,22H,3,12-15H2,1-2H3. The SMILES string of the molecule is CCC(C)=NOCCOC(=N)N1Cc2ccccc2-c2ccccc2C1. The van der Waals surface area contributed by atoms with Crippen LogP contribution in [0.1, 0.15) is 31.4 Å². The first-order valence-corrected chi connectivity index (χ1v) is 8.97. The van der Waals surface area contributed by atoms with Crippen LogP contribution in [0, 0.1) is 5.41 Å². The Labute approximate surface area is 154 Å². The highest BCUT2D eigenvalue weighted by molar-refractivity contribution is 5.80. The van der Waals surface area contributed by atoms with Crippen LogP contribution in [-0.4, -0.2) is 29.8 Å². The minimum atomic E-state index is 0.163. The number of rotatable bonds is 5. The van der Waals surface area contributed by atoms with Crippen molar-refractivity contribution in [2.45, 2.75) is 33.4 Å². The predicted octanol–water partition coefficient (Wildman–Crippen LogP) is 4.42. The third-order valence-corrected chi connectivity index (χ3v) is 4.48. The van der Waals surface area contributed by atoms with E-state index in [0.717, 1.165) is 12.1 Å². The van der Waals surface area contributed by atoms with E-state index in [1.165, 1.54) is 22.3 Å². The second-order valence-corrected chi connectivity index (χ2v) is 6.34. The van der Waals surface area contributed by atoms with Gasteiger partial charge >= 0.3 is 0 Å². The quantitative estimate of drug-likeness (QED) is 0.375. The molecule has 1 heterocycles. The smallest absolute Gasteiger partial charge is 0.285 e. The normalized spacial score (nSPS) is 13.5. The van der Waals surface area contributed by atoms with Crippen LogP contribution < -0.4 is 0 Å². The fourth-order valence-electron chi connectivity index (χ4n) is 2.94. The lowest BCUT2D eigenvalue weighted by Gasteiger charge is -2.23. The van der Waals surface area contributed by atoms with Gasteiger partial charge in [0.2, 0.25) is 0 Å². The van der Waals surface area contributed by atoms with Crippen molar-refractivity contribution < 1.29 is 9.57 Å². The molecule has 3 rings (SSSR count). The van der Waals surface area contributed by atoms with Crippen molar-refractivity contribution >= 4 is 11.7 Å². The average molecular weight is 351 g/mol. The Morgan fingerprint density at radius 1 is 1.00 bits per heavy atom. The molecular weight excluding hydrogens is 326 g/mol. The Balaban J connectivity index is 1.67. The molecule has 26 heavy (non-hydrogen) atoms. The lowest BCUT2D eigenvalue weighted by atomic mass is 9.97. The summed E-state index contributed by atoms with van der Waals surface area (Å²) in [6.07, 6.45) is 0.864. The van der Waals surface area contributed by atoms with E-state index in [1.54, 1.807) is 0 Å². The molecule has 0 unspecified atom stereocenters. The van der Waals surface area contributed by atoms with E-state index in [0.29, 0.717) is 26.3 Å². The van der Waals surface area contributed by atoms with Gasteiger partial charge in [-0.2, -0.15) is 0 Å². The maximum Gasteiger partial charge on any atom is 0.285 e. The lowest BCUT2D eigenvalue weighted by Crippen LogP contribution is -2.31. The third-order valence-electron chi connectivity index (χ3n) is 4.48. The molecule has 0 bridgehead atoms. The van der Waals surface area contributed by atoms with Crippen molar-refractivity contribution in [3.05, 3.63) is 59.7 Å². The Hall–Kier alpha value is -2.82. The molecule has 5 heteroatoms. The van der Waals surface area contributed by atoms with Gasteiger partial charge in [-0.3, -0.25) is 5.41 Å². The number of ether oxygens (including phenoxy) is 1. The molecule has 0 saturated heterocycles. The molecule has 0 aliphatic carbocycles.